The van der Waals surface area contributed by atoms with E-state index in [-0.39, 0.29) is 11.2 Å². The van der Waals surface area contributed by atoms with Crippen molar-refractivity contribution in [2.75, 3.05) is 5.32 Å². The van der Waals surface area contributed by atoms with Crippen LogP contribution in [0.3, 0.4) is 0 Å². The summed E-state index contributed by atoms with van der Waals surface area (Å²) in [6.45, 7) is 6.24. The van der Waals surface area contributed by atoms with Crippen molar-refractivity contribution in [2.24, 2.45) is 0 Å². The molecule has 4 nitrogen and oxygen atoms in total. The van der Waals surface area contributed by atoms with E-state index in [1.165, 1.54) is 11.3 Å². The number of anilines is 1. The number of carboxylic acids is 1. The smallest absolute Gasteiger partial charge is 0.357 e. The molecule has 0 amide bonds. The van der Waals surface area contributed by atoms with Crippen molar-refractivity contribution in [3.05, 3.63) is 11.2 Å². The van der Waals surface area contributed by atoms with Crippen molar-refractivity contribution in [1.82, 2.24) is 4.98 Å². The number of nitrogens with zero attached hydrogens (tertiary/aromatic N) is 1. The summed E-state index contributed by atoms with van der Waals surface area (Å²) in [5.41, 5.74) is 1.61. The third-order valence-electron chi connectivity index (χ3n) is 2.75. The fourth-order valence-electron chi connectivity index (χ4n) is 1.19. The van der Waals surface area contributed by atoms with E-state index in [2.05, 4.69) is 31.1 Å². The summed E-state index contributed by atoms with van der Waals surface area (Å²) in [5.74, 6) is -0.978. The maximum Gasteiger partial charge on any atom is 0.357 e. The van der Waals surface area contributed by atoms with Crippen LogP contribution in [0.2, 0.25) is 0 Å². The minimum Gasteiger partial charge on any atom is -0.476 e. The molecule has 0 unspecified atom stereocenters. The van der Waals surface area contributed by atoms with Crippen LogP contribution in [0.5, 0.6) is 0 Å². The Kier molecular flexibility index (Phi) is 3.68. The van der Waals surface area contributed by atoms with Crippen LogP contribution in [0, 0.1) is 0 Å². The number of aromatic carboxylic acids is 1. The van der Waals surface area contributed by atoms with Gasteiger partial charge in [-0.15, -0.1) is 11.3 Å². The lowest BCUT2D eigenvalue weighted by atomic mass is 9.96. The van der Waals surface area contributed by atoms with E-state index < -0.39 is 5.97 Å². The highest BCUT2D eigenvalue weighted by atomic mass is 32.1. The summed E-state index contributed by atoms with van der Waals surface area (Å²) in [6, 6.07) is 0. The molecular formula is C10H16N2O2S. The number of aromatic nitrogens is 1. The lowest BCUT2D eigenvalue weighted by Gasteiger charge is -2.28. The van der Waals surface area contributed by atoms with E-state index >= 15 is 0 Å². The number of rotatable bonds is 5. The van der Waals surface area contributed by atoms with Crippen molar-refractivity contribution >= 4 is 22.3 Å². The van der Waals surface area contributed by atoms with Crippen LogP contribution < -0.4 is 5.32 Å². The van der Waals surface area contributed by atoms with Gasteiger partial charge in [0.1, 0.15) is 5.00 Å². The predicted molar refractivity (Wildman–Crippen MR) is 61.7 cm³/mol. The Bertz CT molecular complexity index is 345. The number of carbonyl (C=O) groups is 1. The Morgan fingerprint density at radius 1 is 1.60 bits per heavy atom. The Labute approximate surface area is 93.4 Å². The first kappa shape index (κ1) is 12.0. The van der Waals surface area contributed by atoms with Gasteiger partial charge in [0, 0.05) is 5.54 Å². The maximum atomic E-state index is 10.8. The maximum absolute atomic E-state index is 10.8. The summed E-state index contributed by atoms with van der Waals surface area (Å²) in [7, 11) is 0. The van der Waals surface area contributed by atoms with Gasteiger partial charge >= 0.3 is 5.97 Å². The van der Waals surface area contributed by atoms with E-state index in [9.17, 15) is 4.79 Å². The van der Waals surface area contributed by atoms with Crippen molar-refractivity contribution in [3.63, 3.8) is 0 Å². The predicted octanol–water partition coefficient (Wildman–Crippen LogP) is 2.83. The summed E-state index contributed by atoms with van der Waals surface area (Å²) in [5, 5.41) is 12.8. The second-order valence-corrected chi connectivity index (χ2v) is 4.58. The quantitative estimate of drug-likeness (QED) is 0.813. The molecule has 0 saturated carbocycles. The van der Waals surface area contributed by atoms with Crippen LogP contribution in [0.15, 0.2) is 5.51 Å². The third kappa shape index (κ3) is 2.68. The van der Waals surface area contributed by atoms with Gasteiger partial charge in [-0.2, -0.15) is 0 Å². The minimum absolute atomic E-state index is 0.0588. The highest BCUT2D eigenvalue weighted by molar-refractivity contribution is 7.14. The van der Waals surface area contributed by atoms with Gasteiger partial charge in [0.2, 0.25) is 0 Å². The Balaban J connectivity index is 2.88. The van der Waals surface area contributed by atoms with Crippen LogP contribution in [0.25, 0.3) is 0 Å². The highest BCUT2D eigenvalue weighted by Gasteiger charge is 2.23. The molecule has 0 spiro atoms. The number of thiazole rings is 1. The van der Waals surface area contributed by atoms with Crippen LogP contribution >= 0.6 is 11.3 Å². The molecule has 1 aromatic heterocycles. The second kappa shape index (κ2) is 4.61. The summed E-state index contributed by atoms with van der Waals surface area (Å²) < 4.78 is 0. The zero-order valence-electron chi connectivity index (χ0n) is 9.20. The molecular weight excluding hydrogens is 212 g/mol. The van der Waals surface area contributed by atoms with E-state index in [4.69, 9.17) is 5.11 Å². The second-order valence-electron chi connectivity index (χ2n) is 3.73. The largest absolute Gasteiger partial charge is 0.476 e. The molecule has 1 rings (SSSR count). The molecule has 0 aliphatic heterocycles. The average molecular weight is 228 g/mol. The van der Waals surface area contributed by atoms with Crippen molar-refractivity contribution in [1.29, 1.82) is 0 Å². The fourth-order valence-corrected chi connectivity index (χ4v) is 2.01. The zero-order valence-corrected chi connectivity index (χ0v) is 10.0. The van der Waals surface area contributed by atoms with E-state index in [1.54, 1.807) is 5.51 Å². The highest BCUT2D eigenvalue weighted by Crippen LogP contribution is 2.27. The van der Waals surface area contributed by atoms with Gasteiger partial charge in [-0.25, -0.2) is 9.78 Å². The van der Waals surface area contributed by atoms with E-state index in [0.717, 1.165) is 12.8 Å². The molecule has 0 fully saturated rings. The first-order chi connectivity index (χ1) is 7.02. The molecule has 1 heterocycles. The standard InChI is InChI=1S/C10H16N2O2S/c1-4-10(3,5-2)12-8-7(9(13)14)11-6-15-8/h6,12H,4-5H2,1-3H3,(H,13,14). The normalized spacial score (nSPS) is 11.4. The van der Waals surface area contributed by atoms with Gasteiger partial charge in [-0.3, -0.25) is 0 Å². The van der Waals surface area contributed by atoms with Gasteiger partial charge in [0.15, 0.2) is 5.69 Å². The molecule has 0 aromatic carbocycles. The Morgan fingerprint density at radius 2 is 2.20 bits per heavy atom. The molecule has 0 aliphatic carbocycles. The first-order valence-electron chi connectivity index (χ1n) is 4.97. The Hall–Kier alpha value is -1.10. The lowest BCUT2D eigenvalue weighted by Crippen LogP contribution is -2.33. The zero-order chi connectivity index (χ0) is 11.5. The van der Waals surface area contributed by atoms with Crippen LogP contribution in [-0.2, 0) is 0 Å². The first-order valence-corrected chi connectivity index (χ1v) is 5.85. The van der Waals surface area contributed by atoms with Crippen LogP contribution in [0.1, 0.15) is 44.1 Å². The molecule has 15 heavy (non-hydrogen) atoms. The van der Waals surface area contributed by atoms with Gasteiger partial charge in [0.25, 0.3) is 0 Å². The van der Waals surface area contributed by atoms with Gasteiger partial charge in [0.05, 0.1) is 5.51 Å². The SMILES string of the molecule is CCC(C)(CC)Nc1scnc1C(=O)O. The molecule has 0 aliphatic rings. The van der Waals surface area contributed by atoms with Crippen LogP contribution in [0.4, 0.5) is 5.00 Å². The third-order valence-corrected chi connectivity index (χ3v) is 3.49. The van der Waals surface area contributed by atoms with Gasteiger partial charge < -0.3 is 10.4 Å². The molecule has 2 N–H and O–H groups in total. The number of hydrogen-bond acceptors (Lipinski definition) is 4. The molecule has 0 radical (unpaired) electrons. The lowest BCUT2D eigenvalue weighted by molar-refractivity contribution is 0.0692. The fraction of sp³-hybridized carbons (Fsp3) is 0.600. The minimum atomic E-state index is -0.978. The molecule has 0 bridgehead atoms. The summed E-state index contributed by atoms with van der Waals surface area (Å²) in [4.78, 5) is 14.7. The molecule has 0 saturated heterocycles. The molecule has 5 heteroatoms. The number of nitrogens with one attached hydrogen (secondary N) is 1. The molecule has 0 atom stereocenters. The van der Waals surface area contributed by atoms with Crippen molar-refractivity contribution in [3.8, 4) is 0 Å². The van der Waals surface area contributed by atoms with Gasteiger partial charge in [-0.1, -0.05) is 13.8 Å². The van der Waals surface area contributed by atoms with Crippen molar-refractivity contribution in [2.45, 2.75) is 39.2 Å². The summed E-state index contributed by atoms with van der Waals surface area (Å²) >= 11 is 1.33. The molecule has 84 valence electrons. The van der Waals surface area contributed by atoms with Crippen LogP contribution in [-0.4, -0.2) is 21.6 Å². The van der Waals surface area contributed by atoms with Crippen molar-refractivity contribution < 1.29 is 9.90 Å². The molecule has 1 aromatic rings. The van der Waals surface area contributed by atoms with Gasteiger partial charge in [-0.05, 0) is 19.8 Å². The Morgan fingerprint density at radius 3 is 2.67 bits per heavy atom. The monoisotopic (exact) mass is 228 g/mol. The topological polar surface area (TPSA) is 62.2 Å². The number of carboxylic acid groups (broad SMARTS) is 1. The van der Waals surface area contributed by atoms with E-state index in [0.29, 0.717) is 5.00 Å². The number of hydrogen-bond donors (Lipinski definition) is 2. The van der Waals surface area contributed by atoms with E-state index in [1.807, 2.05) is 0 Å². The summed E-state index contributed by atoms with van der Waals surface area (Å²) in [6.07, 6.45) is 1.89. The average Bonchev–Trinajstić information content (AvgIpc) is 2.65.